The van der Waals surface area contributed by atoms with Crippen LogP contribution in [0.4, 0.5) is 25.1 Å². The van der Waals surface area contributed by atoms with Gasteiger partial charge in [-0.2, -0.15) is 13.2 Å². The molecule has 0 amide bonds. The molecule has 0 radical (unpaired) electrons. The molecule has 2 aromatic carbocycles. The first-order valence-electron chi connectivity index (χ1n) is 7.82. The third-order valence-electron chi connectivity index (χ3n) is 3.78. The minimum absolute atomic E-state index is 0.156. The van der Waals surface area contributed by atoms with E-state index in [1.165, 1.54) is 0 Å². The molecule has 136 valence electrons. The minimum Gasteiger partial charge on any atom is -0.324 e. The molecular weight excluding hydrogens is 423 g/mol. The zero-order chi connectivity index (χ0) is 19.0. The molecular formula is C18H11BrF3N5. The predicted octanol–water partition coefficient (Wildman–Crippen LogP) is 5.54. The fourth-order valence-electron chi connectivity index (χ4n) is 2.53. The van der Waals surface area contributed by atoms with Gasteiger partial charge in [0.15, 0.2) is 5.69 Å². The summed E-state index contributed by atoms with van der Waals surface area (Å²) in [7, 11) is 0. The monoisotopic (exact) mass is 433 g/mol. The van der Waals surface area contributed by atoms with Gasteiger partial charge in [-0.05, 0) is 30.3 Å². The number of rotatable bonds is 3. The summed E-state index contributed by atoms with van der Waals surface area (Å²) in [4.78, 5) is 15.1. The van der Waals surface area contributed by atoms with Crippen molar-refractivity contribution < 1.29 is 13.2 Å². The average Bonchev–Trinajstić information content (AvgIpc) is 3.03. The van der Waals surface area contributed by atoms with Gasteiger partial charge < -0.3 is 4.98 Å². The summed E-state index contributed by atoms with van der Waals surface area (Å²) in [6.45, 7) is 0. The fourth-order valence-corrected chi connectivity index (χ4v) is 2.80. The molecule has 0 bridgehead atoms. The van der Waals surface area contributed by atoms with Gasteiger partial charge in [-0.3, -0.25) is 5.32 Å². The molecule has 4 aromatic rings. The Balaban J connectivity index is 1.76. The highest BCUT2D eigenvalue weighted by molar-refractivity contribution is 9.10. The van der Waals surface area contributed by atoms with Crippen molar-refractivity contribution in [1.82, 2.24) is 19.9 Å². The van der Waals surface area contributed by atoms with Gasteiger partial charge in [-0.15, -0.1) is 0 Å². The summed E-state index contributed by atoms with van der Waals surface area (Å²) in [6, 6.07) is 15.0. The minimum atomic E-state index is -4.60. The van der Waals surface area contributed by atoms with Crippen LogP contribution in [0, 0.1) is 0 Å². The zero-order valence-corrected chi connectivity index (χ0v) is 15.1. The Morgan fingerprint density at radius 3 is 2.37 bits per heavy atom. The number of aromatic nitrogens is 4. The van der Waals surface area contributed by atoms with Crippen LogP contribution in [0.25, 0.3) is 22.3 Å². The third kappa shape index (κ3) is 3.77. The number of para-hydroxylation sites is 2. The molecule has 0 aliphatic carbocycles. The number of hydrogen-bond acceptors (Lipinski definition) is 4. The molecule has 0 unspecified atom stereocenters. The molecule has 4 rings (SSSR count). The van der Waals surface area contributed by atoms with Gasteiger partial charge in [0, 0.05) is 10.0 Å². The van der Waals surface area contributed by atoms with Crippen LogP contribution in [-0.2, 0) is 6.18 Å². The zero-order valence-electron chi connectivity index (χ0n) is 13.5. The molecule has 0 aliphatic heterocycles. The molecule has 2 aromatic heterocycles. The predicted molar refractivity (Wildman–Crippen MR) is 99.5 cm³/mol. The van der Waals surface area contributed by atoms with E-state index in [0.29, 0.717) is 11.1 Å². The number of anilines is 2. The van der Waals surface area contributed by atoms with E-state index in [2.05, 4.69) is 41.2 Å². The van der Waals surface area contributed by atoms with E-state index in [-0.39, 0.29) is 17.6 Å². The highest BCUT2D eigenvalue weighted by atomic mass is 79.9. The maximum atomic E-state index is 13.3. The van der Waals surface area contributed by atoms with Gasteiger partial charge >= 0.3 is 6.18 Å². The van der Waals surface area contributed by atoms with Crippen LogP contribution in [0.15, 0.2) is 59.1 Å². The molecule has 2 heterocycles. The number of nitrogens with one attached hydrogen (secondary N) is 2. The number of alkyl halides is 3. The fraction of sp³-hybridized carbons (Fsp3) is 0.0556. The molecule has 27 heavy (non-hydrogen) atoms. The van der Waals surface area contributed by atoms with Gasteiger partial charge in [-0.25, -0.2) is 15.0 Å². The van der Waals surface area contributed by atoms with Crippen LogP contribution in [0.2, 0.25) is 0 Å². The number of hydrogen-bond donors (Lipinski definition) is 2. The maximum absolute atomic E-state index is 13.3. The lowest BCUT2D eigenvalue weighted by Crippen LogP contribution is -2.11. The number of fused-ring (bicyclic) bond motifs is 1. The van der Waals surface area contributed by atoms with E-state index in [0.717, 1.165) is 16.1 Å². The molecule has 0 atom stereocenters. The number of aromatic amines is 1. The van der Waals surface area contributed by atoms with Crippen LogP contribution in [0.1, 0.15) is 5.69 Å². The van der Waals surface area contributed by atoms with Gasteiger partial charge in [0.2, 0.25) is 11.9 Å². The lowest BCUT2D eigenvalue weighted by molar-refractivity contribution is -0.141. The summed E-state index contributed by atoms with van der Waals surface area (Å²) in [6.07, 6.45) is -4.60. The Morgan fingerprint density at radius 2 is 1.67 bits per heavy atom. The van der Waals surface area contributed by atoms with E-state index in [1.807, 2.05) is 18.2 Å². The second-order valence-electron chi connectivity index (χ2n) is 5.69. The van der Waals surface area contributed by atoms with Crippen molar-refractivity contribution in [3.05, 3.63) is 64.8 Å². The van der Waals surface area contributed by atoms with Crippen molar-refractivity contribution in [2.24, 2.45) is 0 Å². The summed E-state index contributed by atoms with van der Waals surface area (Å²) < 4.78 is 40.7. The topological polar surface area (TPSA) is 66.5 Å². The molecule has 0 spiro atoms. The van der Waals surface area contributed by atoms with Crippen molar-refractivity contribution >= 4 is 38.9 Å². The van der Waals surface area contributed by atoms with Gasteiger partial charge in [0.1, 0.15) is 0 Å². The van der Waals surface area contributed by atoms with Gasteiger partial charge in [0.25, 0.3) is 0 Å². The largest absolute Gasteiger partial charge is 0.433 e. The Bertz CT molecular complexity index is 1070. The standard InChI is InChI=1S/C18H11BrF3N5/c19-11-7-5-10(6-8-11)14-9-15(18(20,21)22)26-17(25-14)27-16-23-12-3-1-2-4-13(12)24-16/h1-9H,(H2,23,24,25,26,27). The van der Waals surface area contributed by atoms with E-state index in [1.54, 1.807) is 30.3 Å². The molecule has 0 saturated carbocycles. The molecule has 0 aliphatic rings. The number of H-pyrrole nitrogens is 1. The molecule has 5 nitrogen and oxygen atoms in total. The van der Waals surface area contributed by atoms with Gasteiger partial charge in [0.05, 0.1) is 16.7 Å². The van der Waals surface area contributed by atoms with Crippen LogP contribution < -0.4 is 5.32 Å². The number of imidazole rings is 1. The van der Waals surface area contributed by atoms with Gasteiger partial charge in [-0.1, -0.05) is 40.2 Å². The summed E-state index contributed by atoms with van der Waals surface area (Å²) in [5.74, 6) is 0.0686. The smallest absolute Gasteiger partial charge is 0.324 e. The first-order chi connectivity index (χ1) is 12.9. The molecule has 0 fully saturated rings. The third-order valence-corrected chi connectivity index (χ3v) is 4.30. The van der Waals surface area contributed by atoms with E-state index < -0.39 is 11.9 Å². The van der Waals surface area contributed by atoms with Crippen molar-refractivity contribution in [3.8, 4) is 11.3 Å². The van der Waals surface area contributed by atoms with Crippen LogP contribution in [0.3, 0.4) is 0 Å². The second kappa shape index (κ2) is 6.66. The van der Waals surface area contributed by atoms with Crippen molar-refractivity contribution in [3.63, 3.8) is 0 Å². The van der Waals surface area contributed by atoms with E-state index >= 15 is 0 Å². The lowest BCUT2D eigenvalue weighted by atomic mass is 10.1. The summed E-state index contributed by atoms with van der Waals surface area (Å²) in [5.41, 5.74) is 1.09. The SMILES string of the molecule is FC(F)(F)c1cc(-c2ccc(Br)cc2)nc(Nc2nc3ccccc3[nH]2)n1. The Kier molecular flexibility index (Phi) is 4.31. The first-order valence-corrected chi connectivity index (χ1v) is 8.62. The molecule has 9 heteroatoms. The molecule has 2 N–H and O–H groups in total. The highest BCUT2D eigenvalue weighted by Gasteiger charge is 2.34. The summed E-state index contributed by atoms with van der Waals surface area (Å²) in [5, 5.41) is 2.73. The number of halogens is 4. The summed E-state index contributed by atoms with van der Waals surface area (Å²) >= 11 is 3.30. The normalized spacial score (nSPS) is 11.7. The van der Waals surface area contributed by atoms with E-state index in [9.17, 15) is 13.2 Å². The maximum Gasteiger partial charge on any atom is 0.433 e. The van der Waals surface area contributed by atoms with Crippen molar-refractivity contribution in [2.45, 2.75) is 6.18 Å². The van der Waals surface area contributed by atoms with Crippen molar-refractivity contribution in [1.29, 1.82) is 0 Å². The first kappa shape index (κ1) is 17.5. The van der Waals surface area contributed by atoms with E-state index in [4.69, 9.17) is 0 Å². The Hall–Kier alpha value is -2.94. The Labute approximate surface area is 159 Å². The van der Waals surface area contributed by atoms with Crippen LogP contribution >= 0.6 is 15.9 Å². The quantitative estimate of drug-likeness (QED) is 0.444. The average molecular weight is 434 g/mol. The highest BCUT2D eigenvalue weighted by Crippen LogP contribution is 2.32. The number of nitrogens with zero attached hydrogens (tertiary/aromatic N) is 3. The second-order valence-corrected chi connectivity index (χ2v) is 6.61. The van der Waals surface area contributed by atoms with Crippen LogP contribution in [-0.4, -0.2) is 19.9 Å². The lowest BCUT2D eigenvalue weighted by Gasteiger charge is -2.11. The number of benzene rings is 2. The van der Waals surface area contributed by atoms with Crippen molar-refractivity contribution in [2.75, 3.05) is 5.32 Å². The van der Waals surface area contributed by atoms with Crippen LogP contribution in [0.5, 0.6) is 0 Å². The molecule has 0 saturated heterocycles. The Morgan fingerprint density at radius 1 is 0.926 bits per heavy atom.